The zero-order valence-electron chi connectivity index (χ0n) is 23.8. The van der Waals surface area contributed by atoms with Gasteiger partial charge in [-0.1, -0.05) is 68.9 Å². The van der Waals surface area contributed by atoms with Gasteiger partial charge in [-0.25, -0.2) is 18.7 Å². The van der Waals surface area contributed by atoms with Crippen molar-refractivity contribution < 1.29 is 9.18 Å². The van der Waals surface area contributed by atoms with Gasteiger partial charge in [-0.15, -0.1) is 0 Å². The van der Waals surface area contributed by atoms with Crippen LogP contribution in [0.4, 0.5) is 10.2 Å². The van der Waals surface area contributed by atoms with Gasteiger partial charge in [0.1, 0.15) is 12.5 Å². The largest absolute Gasteiger partial charge is 0.355 e. The van der Waals surface area contributed by atoms with Crippen LogP contribution < -0.4 is 10.6 Å². The molecule has 10 heteroatoms. The number of halogens is 2. The van der Waals surface area contributed by atoms with E-state index in [1.54, 1.807) is 29.3 Å². The molecule has 8 nitrogen and oxygen atoms in total. The van der Waals surface area contributed by atoms with Crippen molar-refractivity contribution in [2.45, 2.75) is 39.4 Å². The van der Waals surface area contributed by atoms with Gasteiger partial charge < -0.3 is 9.80 Å². The highest BCUT2D eigenvalue weighted by atomic mass is 35.5. The molecule has 0 bridgehead atoms. The summed E-state index contributed by atoms with van der Waals surface area (Å²) in [6.07, 6.45) is 4.56. The van der Waals surface area contributed by atoms with E-state index >= 15 is 0 Å². The minimum absolute atomic E-state index is 0.114. The summed E-state index contributed by atoms with van der Waals surface area (Å²) in [5.74, 6) is 0.137. The van der Waals surface area contributed by atoms with E-state index in [1.165, 1.54) is 10.6 Å². The Morgan fingerprint density at radius 3 is 2.64 bits per heavy atom. The highest BCUT2D eigenvalue weighted by Crippen LogP contribution is 2.36. The van der Waals surface area contributed by atoms with Crippen molar-refractivity contribution in [3.63, 3.8) is 0 Å². The number of anilines is 1. The van der Waals surface area contributed by atoms with Crippen LogP contribution in [0.3, 0.4) is 0 Å². The van der Waals surface area contributed by atoms with E-state index in [2.05, 4.69) is 23.1 Å². The van der Waals surface area contributed by atoms with Crippen LogP contribution in [0, 0.1) is 0 Å². The second kappa shape index (κ2) is 11.9. The summed E-state index contributed by atoms with van der Waals surface area (Å²) in [4.78, 5) is 44.1. The molecule has 4 aromatic rings. The third-order valence-electron chi connectivity index (χ3n) is 7.57. The SMILES string of the molecule is C=CC(=[18O])N1CCN(c2nc(=O)n(-c3c(CF)ccnc3C(C)C)c3nc(-c4ccccc4C=C)c(Cl)cc23)[C@@H](C)C1. The molecule has 4 heterocycles. The lowest BCUT2D eigenvalue weighted by atomic mass is 10.0. The molecule has 1 fully saturated rings. The molecule has 42 heavy (non-hydrogen) atoms. The van der Waals surface area contributed by atoms with E-state index in [0.717, 1.165) is 11.1 Å². The van der Waals surface area contributed by atoms with Crippen LogP contribution in [0.1, 0.15) is 43.5 Å². The lowest BCUT2D eigenvalue weighted by molar-refractivity contribution is -0.126. The summed E-state index contributed by atoms with van der Waals surface area (Å²) in [6.45, 7) is 13.8. The zero-order chi connectivity index (χ0) is 30.1. The Morgan fingerprint density at radius 1 is 1.21 bits per heavy atom. The monoisotopic (exact) mass is 588 g/mol. The molecule has 0 radical (unpaired) electrons. The summed E-state index contributed by atoms with van der Waals surface area (Å²) in [7, 11) is 0. The lowest BCUT2D eigenvalue weighted by Gasteiger charge is -2.40. The van der Waals surface area contributed by atoms with Crippen LogP contribution in [-0.4, -0.2) is 56.0 Å². The fourth-order valence-electron chi connectivity index (χ4n) is 5.51. The number of piperazine rings is 1. The number of pyridine rings is 2. The predicted molar refractivity (Wildman–Crippen MR) is 166 cm³/mol. The van der Waals surface area contributed by atoms with Crippen molar-refractivity contribution in [3.8, 4) is 16.9 Å². The van der Waals surface area contributed by atoms with Crippen LogP contribution in [-0.2, 0) is 11.5 Å². The van der Waals surface area contributed by atoms with Crippen molar-refractivity contribution in [1.82, 2.24) is 24.4 Å². The number of amides is 1. The van der Waals surface area contributed by atoms with Gasteiger partial charge >= 0.3 is 5.69 Å². The second-order valence-corrected chi connectivity index (χ2v) is 11.0. The Bertz CT molecular complexity index is 1770. The van der Waals surface area contributed by atoms with Crippen LogP contribution in [0.5, 0.6) is 0 Å². The zero-order valence-corrected chi connectivity index (χ0v) is 24.6. The number of hydrogen-bond acceptors (Lipinski definition) is 6. The van der Waals surface area contributed by atoms with E-state index in [-0.39, 0.29) is 23.5 Å². The van der Waals surface area contributed by atoms with Crippen LogP contribution in [0.2, 0.25) is 5.02 Å². The van der Waals surface area contributed by atoms with Crippen molar-refractivity contribution in [3.05, 3.63) is 94.2 Å². The van der Waals surface area contributed by atoms with Gasteiger partial charge in [-0.3, -0.25) is 9.78 Å². The van der Waals surface area contributed by atoms with E-state index in [0.29, 0.717) is 58.5 Å². The average molecular weight is 589 g/mol. The van der Waals surface area contributed by atoms with Gasteiger partial charge in [-0.05, 0) is 36.6 Å². The van der Waals surface area contributed by atoms with Crippen molar-refractivity contribution in [2.75, 3.05) is 24.5 Å². The number of carbonyl (C=O) groups is 1. The number of carbonyl (C=O) groups excluding carboxylic acids is 1. The number of nitrogens with zero attached hydrogens (tertiary/aromatic N) is 6. The Kier molecular flexibility index (Phi) is 8.22. The number of benzene rings is 1. The molecular weight excluding hydrogens is 557 g/mol. The predicted octanol–water partition coefficient (Wildman–Crippen LogP) is 5.96. The van der Waals surface area contributed by atoms with Crippen molar-refractivity contribution >= 4 is 40.4 Å². The minimum Gasteiger partial charge on any atom is -0.350 e. The number of fused-ring (bicyclic) bond motifs is 1. The summed E-state index contributed by atoms with van der Waals surface area (Å²) >= 11 is 6.91. The first-order valence-corrected chi connectivity index (χ1v) is 14.1. The van der Waals surface area contributed by atoms with Gasteiger partial charge in [0.2, 0.25) is 5.91 Å². The first kappa shape index (κ1) is 29.1. The Hall–Kier alpha value is -4.37. The molecule has 216 valence electrons. The fraction of sp³-hybridized carbons (Fsp3) is 0.281. The molecule has 3 aromatic heterocycles. The highest BCUT2D eigenvalue weighted by Gasteiger charge is 2.30. The molecule has 1 aliphatic heterocycles. The number of hydrogen-bond donors (Lipinski definition) is 0. The molecule has 1 aromatic carbocycles. The fourth-order valence-corrected chi connectivity index (χ4v) is 5.76. The number of alkyl halides is 1. The molecule has 0 unspecified atom stereocenters. The number of rotatable bonds is 7. The van der Waals surface area contributed by atoms with E-state index in [9.17, 15) is 14.0 Å². The van der Waals surface area contributed by atoms with Crippen molar-refractivity contribution in [2.24, 2.45) is 0 Å². The van der Waals surface area contributed by atoms with Gasteiger partial charge in [0, 0.05) is 43.0 Å². The van der Waals surface area contributed by atoms with Gasteiger partial charge in [0.15, 0.2) is 5.65 Å². The van der Waals surface area contributed by atoms with Gasteiger partial charge in [-0.2, -0.15) is 4.98 Å². The van der Waals surface area contributed by atoms with Crippen LogP contribution in [0.25, 0.3) is 34.1 Å². The molecule has 1 amide bonds. The normalized spacial score (nSPS) is 15.3. The molecule has 1 aliphatic rings. The lowest BCUT2D eigenvalue weighted by Crippen LogP contribution is -2.54. The molecule has 0 aliphatic carbocycles. The summed E-state index contributed by atoms with van der Waals surface area (Å²) in [5, 5.41) is 0.886. The maximum Gasteiger partial charge on any atom is 0.355 e. The summed E-state index contributed by atoms with van der Waals surface area (Å²) in [6, 6.07) is 10.7. The van der Waals surface area contributed by atoms with E-state index in [4.69, 9.17) is 16.6 Å². The number of aromatic nitrogens is 4. The molecule has 1 atom stereocenters. The summed E-state index contributed by atoms with van der Waals surface area (Å²) < 4.78 is 15.8. The Labute approximate surface area is 248 Å². The molecular formula is C32H32ClFN6O2. The smallest absolute Gasteiger partial charge is 0.350 e. The van der Waals surface area contributed by atoms with Crippen molar-refractivity contribution in [1.29, 1.82) is 0 Å². The highest BCUT2D eigenvalue weighted by molar-refractivity contribution is 6.34. The molecule has 1 saturated heterocycles. The quantitative estimate of drug-likeness (QED) is 0.196. The second-order valence-electron chi connectivity index (χ2n) is 10.6. The molecule has 0 saturated carbocycles. The maximum absolute atomic E-state index is 14.4. The van der Waals surface area contributed by atoms with Crippen LogP contribution >= 0.6 is 11.6 Å². The third-order valence-corrected chi connectivity index (χ3v) is 7.86. The summed E-state index contributed by atoms with van der Waals surface area (Å²) in [5.41, 5.74) is 2.87. The first-order chi connectivity index (χ1) is 20.2. The topological polar surface area (TPSA) is 84.2 Å². The Morgan fingerprint density at radius 2 is 1.98 bits per heavy atom. The third kappa shape index (κ3) is 5.09. The van der Waals surface area contributed by atoms with E-state index in [1.807, 2.05) is 49.9 Å². The minimum atomic E-state index is -0.802. The van der Waals surface area contributed by atoms with Gasteiger partial charge in [0.05, 0.1) is 27.5 Å². The van der Waals surface area contributed by atoms with Gasteiger partial charge in [0.25, 0.3) is 0 Å². The first-order valence-electron chi connectivity index (χ1n) is 13.8. The molecule has 0 N–H and O–H groups in total. The average Bonchev–Trinajstić information content (AvgIpc) is 2.99. The maximum atomic E-state index is 14.4. The molecule has 5 rings (SSSR count). The Balaban J connectivity index is 1.84. The van der Waals surface area contributed by atoms with E-state index < -0.39 is 12.4 Å². The van der Waals surface area contributed by atoms with Crippen LogP contribution in [0.15, 0.2) is 66.6 Å². The molecule has 0 spiro atoms. The standard InChI is InChI=1S/C32H32ClFN6O2/c1-6-21-10-8-9-11-23(21)28-25(33)16-24-30(39-15-14-38(18-20(39)5)26(41)7-2)37-32(42)40(31(24)36-28)29-22(17-34)12-13-35-27(29)19(3)4/h6-13,16,19-20H,1-2,14-15,17-18H2,3-5H3/t20-/m0/s1/i41+2.